The van der Waals surface area contributed by atoms with Crippen LogP contribution in [0.2, 0.25) is 39.3 Å². The van der Waals surface area contributed by atoms with Crippen molar-refractivity contribution in [1.29, 1.82) is 0 Å². The first-order valence-corrected chi connectivity index (χ1v) is 17.2. The molecule has 2 rings (SSSR count). The van der Waals surface area contributed by atoms with E-state index in [4.69, 9.17) is 9.96 Å². The minimum Gasteiger partial charge on any atom is -1.00 e. The molecule has 0 atom stereocenters. The van der Waals surface area contributed by atoms with Crippen molar-refractivity contribution in [2.45, 2.75) is 128 Å². The number of halogens is 2. The van der Waals surface area contributed by atoms with Gasteiger partial charge < -0.3 is 34.8 Å². The quantitative estimate of drug-likeness (QED) is 0.497. The minimum absolute atomic E-state index is 0. The first-order valence-electron chi connectivity index (χ1n) is 10.3. The molecule has 2 aliphatic carbocycles. The molecular formula is C20H44Cl2N2Si2Zr. The summed E-state index contributed by atoms with van der Waals surface area (Å²) in [6.07, 6.45) is 13.8. The molecule has 2 saturated carbocycles. The Bertz CT molecular complexity index is 337. The van der Waals surface area contributed by atoms with Gasteiger partial charge in [-0.2, -0.15) is 0 Å². The van der Waals surface area contributed by atoms with Gasteiger partial charge in [-0.1, -0.05) is 134 Å². The molecule has 0 saturated heterocycles. The second kappa shape index (κ2) is 14.0. The van der Waals surface area contributed by atoms with Crippen LogP contribution in [0.1, 0.15) is 78.1 Å². The van der Waals surface area contributed by atoms with E-state index >= 15 is 0 Å². The van der Waals surface area contributed by atoms with Gasteiger partial charge in [0.2, 0.25) is 0 Å². The molecule has 0 aromatic heterocycles. The monoisotopic (exact) mass is 528 g/mol. The van der Waals surface area contributed by atoms with Crippen molar-refractivity contribution in [3.05, 3.63) is 9.96 Å². The maximum absolute atomic E-state index is 5.04. The first-order chi connectivity index (χ1) is 10.8. The summed E-state index contributed by atoms with van der Waals surface area (Å²) in [5, 5.41) is 0. The molecule has 27 heavy (non-hydrogen) atoms. The molecule has 0 heterocycles. The van der Waals surface area contributed by atoms with Gasteiger partial charge >= 0.3 is 26.2 Å². The van der Waals surface area contributed by atoms with E-state index in [1.54, 1.807) is 0 Å². The molecule has 0 N–H and O–H groups in total. The van der Waals surface area contributed by atoms with Crippen LogP contribution in [-0.2, 0) is 26.2 Å². The first kappa shape index (κ1) is 33.5. The fourth-order valence-corrected chi connectivity index (χ4v) is 8.16. The summed E-state index contributed by atoms with van der Waals surface area (Å²) in [5.74, 6) is 0. The fourth-order valence-electron chi connectivity index (χ4n) is 4.47. The molecule has 0 aromatic carbocycles. The molecule has 2 nitrogen and oxygen atoms in total. The van der Waals surface area contributed by atoms with Crippen molar-refractivity contribution < 1.29 is 51.0 Å². The molecule has 160 valence electrons. The molecule has 2 aliphatic rings. The van der Waals surface area contributed by atoms with E-state index in [1.165, 1.54) is 64.2 Å². The minimum atomic E-state index is -1.19. The Morgan fingerprint density at radius 3 is 0.926 bits per heavy atom. The van der Waals surface area contributed by atoms with E-state index in [0.29, 0.717) is 11.1 Å². The standard InChI is InChI=1S/2C10H22NSi.2ClH.Zr/c2*1-10(11-12(2,3)4)8-6-5-7-9-10;;;/h2*5-9H2,1-4H3;2*1H;/q2*-1;;;+4/p-2. The van der Waals surface area contributed by atoms with Crippen LogP contribution < -0.4 is 24.8 Å². The number of hydrogen-bond acceptors (Lipinski definition) is 0. The van der Waals surface area contributed by atoms with Gasteiger partial charge in [-0.25, -0.2) is 0 Å². The SMILES string of the molecule is CC1([N-][Si](C)(C)C)CCCCC1.CC1([N-][Si](C)(C)C)CCCCC1.[Cl-].[Cl-].[Zr+4]. The van der Waals surface area contributed by atoms with Crippen LogP contribution in [0.4, 0.5) is 0 Å². The van der Waals surface area contributed by atoms with E-state index in [-0.39, 0.29) is 51.0 Å². The van der Waals surface area contributed by atoms with Crippen LogP contribution in [-0.4, -0.2) is 27.5 Å². The number of nitrogens with zero attached hydrogens (tertiary/aromatic N) is 2. The van der Waals surface area contributed by atoms with Crippen LogP contribution in [0.15, 0.2) is 0 Å². The van der Waals surface area contributed by atoms with Crippen LogP contribution in [0.3, 0.4) is 0 Å². The normalized spacial score (nSPS) is 21.3. The van der Waals surface area contributed by atoms with Gasteiger partial charge in [0.15, 0.2) is 0 Å². The zero-order valence-corrected chi connectivity index (χ0v) is 25.2. The van der Waals surface area contributed by atoms with Gasteiger partial charge in [0.25, 0.3) is 0 Å². The van der Waals surface area contributed by atoms with Gasteiger partial charge in [0.05, 0.1) is 0 Å². The summed E-state index contributed by atoms with van der Waals surface area (Å²) in [7, 11) is -2.38. The van der Waals surface area contributed by atoms with Crippen molar-refractivity contribution in [3.8, 4) is 0 Å². The summed E-state index contributed by atoms with van der Waals surface area (Å²) in [5.41, 5.74) is 0.700. The maximum atomic E-state index is 5.04. The van der Waals surface area contributed by atoms with Crippen molar-refractivity contribution >= 4 is 16.5 Å². The molecule has 0 aromatic rings. The Morgan fingerprint density at radius 1 is 0.519 bits per heavy atom. The summed E-state index contributed by atoms with van der Waals surface area (Å²) >= 11 is 0. The second-order valence-corrected chi connectivity index (χ2v) is 19.8. The summed E-state index contributed by atoms with van der Waals surface area (Å²) < 4.78 is 0. The van der Waals surface area contributed by atoms with Crippen molar-refractivity contribution in [2.75, 3.05) is 0 Å². The van der Waals surface area contributed by atoms with Crippen molar-refractivity contribution in [2.24, 2.45) is 0 Å². The predicted octanol–water partition coefficient (Wildman–Crippen LogP) is 1.84. The molecule has 0 amide bonds. The number of rotatable bonds is 4. The van der Waals surface area contributed by atoms with Gasteiger partial charge in [-0.3, -0.25) is 0 Å². The predicted molar refractivity (Wildman–Crippen MR) is 116 cm³/mol. The Hall–Kier alpha value is 1.82. The van der Waals surface area contributed by atoms with Crippen LogP contribution >= 0.6 is 0 Å². The zero-order chi connectivity index (χ0) is 18.5. The second-order valence-electron chi connectivity index (χ2n) is 10.7. The molecule has 0 aliphatic heterocycles. The molecule has 7 heteroatoms. The average molecular weight is 531 g/mol. The Kier molecular flexibility index (Phi) is 17.3. The Balaban J connectivity index is -0.000000384. The summed E-state index contributed by atoms with van der Waals surface area (Å²) in [6, 6.07) is 0. The Morgan fingerprint density at radius 2 is 0.741 bits per heavy atom. The van der Waals surface area contributed by atoms with Crippen LogP contribution in [0.5, 0.6) is 0 Å². The third kappa shape index (κ3) is 16.2. The summed E-state index contributed by atoms with van der Waals surface area (Å²) in [6.45, 7) is 18.7. The fraction of sp³-hybridized carbons (Fsp3) is 1.00. The van der Waals surface area contributed by atoms with Gasteiger partial charge in [-0.05, 0) is 0 Å². The number of hydrogen-bond donors (Lipinski definition) is 0. The summed E-state index contributed by atoms with van der Waals surface area (Å²) in [4.78, 5) is 10.1. The Labute approximate surface area is 204 Å². The largest absolute Gasteiger partial charge is 4.00 e. The molecule has 0 radical (unpaired) electrons. The third-order valence-corrected chi connectivity index (χ3v) is 7.49. The smallest absolute Gasteiger partial charge is 1.00 e. The topological polar surface area (TPSA) is 28.2 Å². The van der Waals surface area contributed by atoms with Gasteiger partial charge in [0, 0.05) is 0 Å². The van der Waals surface area contributed by atoms with Crippen molar-refractivity contribution in [3.63, 3.8) is 0 Å². The molecule has 2 fully saturated rings. The molecule has 0 spiro atoms. The average Bonchev–Trinajstić information content (AvgIpc) is 2.35. The molecular weight excluding hydrogens is 487 g/mol. The van der Waals surface area contributed by atoms with E-state index < -0.39 is 16.5 Å². The zero-order valence-electron chi connectivity index (χ0n) is 19.2. The molecule has 0 bridgehead atoms. The van der Waals surface area contributed by atoms with E-state index in [0.717, 1.165) is 0 Å². The third-order valence-electron chi connectivity index (χ3n) is 5.07. The van der Waals surface area contributed by atoms with Crippen LogP contribution in [0.25, 0.3) is 9.96 Å². The van der Waals surface area contributed by atoms with E-state index in [1.807, 2.05) is 0 Å². The van der Waals surface area contributed by atoms with Crippen LogP contribution in [0, 0.1) is 0 Å². The van der Waals surface area contributed by atoms with E-state index in [9.17, 15) is 0 Å². The van der Waals surface area contributed by atoms with Gasteiger partial charge in [-0.15, -0.1) is 11.1 Å². The maximum Gasteiger partial charge on any atom is 4.00 e. The molecule has 0 unspecified atom stereocenters. The van der Waals surface area contributed by atoms with Gasteiger partial charge in [0.1, 0.15) is 0 Å². The van der Waals surface area contributed by atoms with E-state index in [2.05, 4.69) is 53.1 Å². The van der Waals surface area contributed by atoms with Crippen molar-refractivity contribution in [1.82, 2.24) is 0 Å².